The van der Waals surface area contributed by atoms with Crippen LogP contribution < -0.4 is 18.9 Å². The van der Waals surface area contributed by atoms with Crippen LogP contribution >= 0.6 is 23.5 Å². The van der Waals surface area contributed by atoms with Crippen LogP contribution in [0.25, 0.3) is 0 Å². The fraction of sp³-hybridized carbons (Fsp3) is 0.520. The first-order valence-electron chi connectivity index (χ1n) is 11.2. The molecular weight excluding hydrogens is 442 g/mol. The van der Waals surface area contributed by atoms with Gasteiger partial charge in [0.1, 0.15) is 5.75 Å². The summed E-state index contributed by atoms with van der Waals surface area (Å²) in [5.74, 6) is 5.81. The van der Waals surface area contributed by atoms with Gasteiger partial charge in [0, 0.05) is 29.7 Å². The van der Waals surface area contributed by atoms with Crippen LogP contribution in [0, 0.1) is 0 Å². The lowest BCUT2D eigenvalue weighted by Gasteiger charge is -2.40. The summed E-state index contributed by atoms with van der Waals surface area (Å²) in [4.78, 5) is 2.50. The molecule has 3 aliphatic heterocycles. The van der Waals surface area contributed by atoms with E-state index in [0.29, 0.717) is 6.04 Å². The molecule has 0 aromatic heterocycles. The molecule has 0 N–H and O–H groups in total. The molecule has 0 amide bonds. The Bertz CT molecular complexity index is 959. The Morgan fingerprint density at radius 1 is 1.09 bits per heavy atom. The fourth-order valence-electron chi connectivity index (χ4n) is 5.07. The minimum Gasteiger partial charge on any atom is -0.497 e. The summed E-state index contributed by atoms with van der Waals surface area (Å²) in [5, 5.41) is 0. The SMILES string of the molecule is COc1ccc(CCC2(CC3c4c(cc5c(c4OC)OCO5)CCN3C)SCCS2)cc1. The van der Waals surface area contributed by atoms with Crippen molar-refractivity contribution in [3.8, 4) is 23.0 Å². The first kappa shape index (κ1) is 22.1. The zero-order valence-electron chi connectivity index (χ0n) is 19.0. The first-order chi connectivity index (χ1) is 15.6. The second-order valence-electron chi connectivity index (χ2n) is 8.62. The molecule has 0 bridgehead atoms. The van der Waals surface area contributed by atoms with Gasteiger partial charge in [0.2, 0.25) is 12.5 Å². The van der Waals surface area contributed by atoms with E-state index in [4.69, 9.17) is 18.9 Å². The van der Waals surface area contributed by atoms with E-state index in [1.807, 2.05) is 0 Å². The van der Waals surface area contributed by atoms with Gasteiger partial charge in [-0.3, -0.25) is 4.90 Å². The second-order valence-corrected chi connectivity index (χ2v) is 11.8. The summed E-state index contributed by atoms with van der Waals surface area (Å²) >= 11 is 4.28. The molecule has 32 heavy (non-hydrogen) atoms. The van der Waals surface area contributed by atoms with Crippen LogP contribution in [-0.2, 0) is 12.8 Å². The van der Waals surface area contributed by atoms with Crippen molar-refractivity contribution in [2.45, 2.75) is 35.8 Å². The Labute approximate surface area is 199 Å². The quantitative estimate of drug-likeness (QED) is 0.550. The lowest BCUT2D eigenvalue weighted by molar-refractivity contribution is 0.170. The van der Waals surface area contributed by atoms with Crippen molar-refractivity contribution in [3.05, 3.63) is 47.0 Å². The normalized spacial score (nSPS) is 21.4. The minimum absolute atomic E-state index is 0.203. The Hall–Kier alpha value is -1.70. The summed E-state index contributed by atoms with van der Waals surface area (Å²) in [6, 6.07) is 11.0. The molecule has 1 fully saturated rings. The summed E-state index contributed by atoms with van der Waals surface area (Å²) < 4.78 is 22.9. The summed E-state index contributed by atoms with van der Waals surface area (Å²) in [6.07, 6.45) is 4.33. The maximum Gasteiger partial charge on any atom is 0.231 e. The van der Waals surface area contributed by atoms with Gasteiger partial charge >= 0.3 is 0 Å². The molecule has 0 saturated carbocycles. The topological polar surface area (TPSA) is 40.2 Å². The van der Waals surface area contributed by atoms with Crippen molar-refractivity contribution in [1.29, 1.82) is 0 Å². The number of hydrogen-bond donors (Lipinski definition) is 0. The number of benzene rings is 2. The zero-order chi connectivity index (χ0) is 22.1. The molecule has 0 aliphatic carbocycles. The Balaban J connectivity index is 1.42. The van der Waals surface area contributed by atoms with E-state index in [1.165, 1.54) is 28.2 Å². The van der Waals surface area contributed by atoms with Crippen LogP contribution in [-0.4, -0.2) is 55.1 Å². The van der Waals surface area contributed by atoms with E-state index >= 15 is 0 Å². The van der Waals surface area contributed by atoms with E-state index in [9.17, 15) is 0 Å². The van der Waals surface area contributed by atoms with E-state index in [-0.39, 0.29) is 10.9 Å². The lowest BCUT2D eigenvalue weighted by Crippen LogP contribution is -2.36. The number of likely N-dealkylation sites (N-methyl/N-ethyl adjacent to an activating group) is 1. The largest absolute Gasteiger partial charge is 0.497 e. The van der Waals surface area contributed by atoms with E-state index < -0.39 is 0 Å². The molecular formula is C25H31NO4S2. The molecule has 3 aliphatic rings. The van der Waals surface area contributed by atoms with E-state index in [1.54, 1.807) is 14.2 Å². The van der Waals surface area contributed by atoms with Gasteiger partial charge in [0.25, 0.3) is 0 Å². The molecule has 1 atom stereocenters. The van der Waals surface area contributed by atoms with Crippen LogP contribution in [0.1, 0.15) is 35.6 Å². The maximum absolute atomic E-state index is 5.93. The standard InChI is InChI=1S/C25H31NO4S2/c1-26-11-9-18-14-21-23(30-16-29-21)24(28-3)22(18)20(26)15-25(31-12-13-32-25)10-8-17-4-6-19(27-2)7-5-17/h4-7,14,20H,8-13,15-16H2,1-3H3. The molecule has 2 aromatic carbocycles. The van der Waals surface area contributed by atoms with E-state index in [2.05, 4.69) is 65.8 Å². The molecule has 3 heterocycles. The van der Waals surface area contributed by atoms with Gasteiger partial charge in [-0.05, 0) is 62.1 Å². The number of ether oxygens (including phenoxy) is 4. The van der Waals surface area contributed by atoms with Gasteiger partial charge in [-0.2, -0.15) is 0 Å². The van der Waals surface area contributed by atoms with Crippen molar-refractivity contribution in [1.82, 2.24) is 4.90 Å². The molecule has 7 heteroatoms. The molecule has 5 rings (SSSR count). The lowest BCUT2D eigenvalue weighted by atomic mass is 9.87. The predicted molar refractivity (Wildman–Crippen MR) is 132 cm³/mol. The van der Waals surface area contributed by atoms with Crippen molar-refractivity contribution >= 4 is 23.5 Å². The van der Waals surface area contributed by atoms with Gasteiger partial charge in [-0.1, -0.05) is 12.1 Å². The van der Waals surface area contributed by atoms with Gasteiger partial charge in [-0.15, -0.1) is 23.5 Å². The van der Waals surface area contributed by atoms with Crippen LogP contribution in [0.5, 0.6) is 23.0 Å². The summed E-state index contributed by atoms with van der Waals surface area (Å²) in [6.45, 7) is 1.32. The van der Waals surface area contributed by atoms with Crippen LogP contribution in [0.3, 0.4) is 0 Å². The molecule has 1 unspecified atom stereocenters. The Morgan fingerprint density at radius 3 is 2.59 bits per heavy atom. The predicted octanol–water partition coefficient (Wildman–Crippen LogP) is 5.16. The molecule has 0 radical (unpaired) electrons. The number of aryl methyl sites for hydroxylation is 1. The number of fused-ring (bicyclic) bond motifs is 2. The van der Waals surface area contributed by atoms with Crippen LogP contribution in [0.2, 0.25) is 0 Å². The van der Waals surface area contributed by atoms with Crippen molar-refractivity contribution in [3.63, 3.8) is 0 Å². The maximum atomic E-state index is 5.93. The number of rotatable bonds is 7. The third kappa shape index (κ3) is 4.15. The second kappa shape index (κ2) is 9.27. The highest BCUT2D eigenvalue weighted by molar-refractivity contribution is 8.21. The van der Waals surface area contributed by atoms with E-state index in [0.717, 1.165) is 55.2 Å². The smallest absolute Gasteiger partial charge is 0.231 e. The van der Waals surface area contributed by atoms with Crippen LogP contribution in [0.15, 0.2) is 30.3 Å². The highest BCUT2D eigenvalue weighted by Crippen LogP contribution is 2.56. The van der Waals surface area contributed by atoms with Gasteiger partial charge in [0.15, 0.2) is 11.5 Å². The molecule has 1 saturated heterocycles. The average Bonchev–Trinajstić information content (AvgIpc) is 3.48. The zero-order valence-corrected chi connectivity index (χ0v) is 20.7. The number of methoxy groups -OCH3 is 2. The van der Waals surface area contributed by atoms with Gasteiger partial charge < -0.3 is 18.9 Å². The first-order valence-corrected chi connectivity index (χ1v) is 13.2. The van der Waals surface area contributed by atoms with Gasteiger partial charge in [-0.25, -0.2) is 0 Å². The van der Waals surface area contributed by atoms with Gasteiger partial charge in [0.05, 0.1) is 18.3 Å². The minimum atomic E-state index is 0.203. The number of thioether (sulfide) groups is 2. The van der Waals surface area contributed by atoms with Crippen molar-refractivity contribution in [2.75, 3.05) is 46.1 Å². The number of nitrogens with zero attached hydrogens (tertiary/aromatic N) is 1. The molecule has 172 valence electrons. The third-order valence-electron chi connectivity index (χ3n) is 6.82. The highest BCUT2D eigenvalue weighted by Gasteiger charge is 2.42. The average molecular weight is 474 g/mol. The van der Waals surface area contributed by atoms with Crippen LogP contribution in [0.4, 0.5) is 0 Å². The third-order valence-corrected chi connectivity index (χ3v) is 10.4. The summed E-state index contributed by atoms with van der Waals surface area (Å²) in [7, 11) is 5.72. The highest BCUT2D eigenvalue weighted by atomic mass is 32.2. The number of hydrogen-bond acceptors (Lipinski definition) is 7. The monoisotopic (exact) mass is 473 g/mol. The summed E-state index contributed by atoms with van der Waals surface area (Å²) in [5.41, 5.74) is 4.01. The Morgan fingerprint density at radius 2 is 1.88 bits per heavy atom. The van der Waals surface area contributed by atoms with Crippen molar-refractivity contribution in [2.24, 2.45) is 0 Å². The molecule has 5 nitrogen and oxygen atoms in total. The fourth-order valence-corrected chi connectivity index (χ4v) is 8.35. The molecule has 2 aromatic rings. The Kier molecular flexibility index (Phi) is 6.41. The van der Waals surface area contributed by atoms with Crippen molar-refractivity contribution < 1.29 is 18.9 Å². The molecule has 0 spiro atoms.